The minimum absolute atomic E-state index is 0.0857. The van der Waals surface area contributed by atoms with Crippen molar-refractivity contribution in [3.8, 4) is 34.1 Å². The Hall–Kier alpha value is -5.41. The van der Waals surface area contributed by atoms with Gasteiger partial charge in [0.1, 0.15) is 17.1 Å². The SMILES string of the molecule is Cc1cccc(C(c2cc(-c3ccc(C#N)cc3)ccc2O)c2cc(-c3ccc(N=O)cc3)ccc2N=O)c1. The van der Waals surface area contributed by atoms with Gasteiger partial charge in [-0.15, -0.1) is 9.81 Å². The first-order valence-corrected chi connectivity index (χ1v) is 12.3. The summed E-state index contributed by atoms with van der Waals surface area (Å²) >= 11 is 0. The smallest absolute Gasteiger partial charge is 0.119 e. The third kappa shape index (κ3) is 5.20. The molecule has 0 spiro atoms. The second kappa shape index (κ2) is 10.9. The zero-order valence-corrected chi connectivity index (χ0v) is 21.1. The number of aryl methyl sites for hydroxylation is 1. The molecule has 39 heavy (non-hydrogen) atoms. The Labute approximate surface area is 225 Å². The van der Waals surface area contributed by atoms with E-state index in [0.29, 0.717) is 22.4 Å². The summed E-state index contributed by atoms with van der Waals surface area (Å²) in [5.74, 6) is -0.422. The van der Waals surface area contributed by atoms with Crippen LogP contribution in [0.3, 0.4) is 0 Å². The molecule has 0 aliphatic rings. The molecule has 0 aromatic heterocycles. The largest absolute Gasteiger partial charge is 0.508 e. The second-order valence-electron chi connectivity index (χ2n) is 9.31. The Morgan fingerprint density at radius 1 is 0.692 bits per heavy atom. The lowest BCUT2D eigenvalue weighted by molar-refractivity contribution is 0.467. The highest BCUT2D eigenvalue weighted by atomic mass is 16.3. The number of nitroso groups, excluding NO2 is 2. The monoisotopic (exact) mass is 509 g/mol. The van der Waals surface area contributed by atoms with E-state index in [4.69, 9.17) is 0 Å². The van der Waals surface area contributed by atoms with E-state index < -0.39 is 5.92 Å². The third-order valence-corrected chi connectivity index (χ3v) is 6.80. The molecule has 0 bridgehead atoms. The van der Waals surface area contributed by atoms with Crippen LogP contribution < -0.4 is 0 Å². The van der Waals surface area contributed by atoms with Crippen molar-refractivity contribution in [2.45, 2.75) is 12.8 Å². The zero-order valence-electron chi connectivity index (χ0n) is 21.1. The minimum Gasteiger partial charge on any atom is -0.508 e. The van der Waals surface area contributed by atoms with Crippen molar-refractivity contribution in [2.75, 3.05) is 0 Å². The third-order valence-electron chi connectivity index (χ3n) is 6.80. The summed E-state index contributed by atoms with van der Waals surface area (Å²) in [5.41, 5.74) is 7.76. The minimum atomic E-state index is -0.508. The van der Waals surface area contributed by atoms with Crippen molar-refractivity contribution >= 4 is 11.4 Å². The van der Waals surface area contributed by atoms with Gasteiger partial charge >= 0.3 is 0 Å². The molecule has 1 atom stereocenters. The summed E-state index contributed by atoms with van der Waals surface area (Å²) in [6.07, 6.45) is 0. The highest BCUT2D eigenvalue weighted by molar-refractivity contribution is 5.73. The van der Waals surface area contributed by atoms with Crippen LogP contribution in [0.5, 0.6) is 5.75 Å². The van der Waals surface area contributed by atoms with Crippen LogP contribution in [0.25, 0.3) is 22.3 Å². The van der Waals surface area contributed by atoms with Gasteiger partial charge in [-0.25, -0.2) is 0 Å². The Morgan fingerprint density at radius 2 is 1.31 bits per heavy atom. The van der Waals surface area contributed by atoms with Crippen molar-refractivity contribution in [1.82, 2.24) is 0 Å². The summed E-state index contributed by atoms with van der Waals surface area (Å²) < 4.78 is 0. The maximum Gasteiger partial charge on any atom is 0.119 e. The molecule has 6 heteroatoms. The van der Waals surface area contributed by atoms with Crippen molar-refractivity contribution in [2.24, 2.45) is 10.4 Å². The Kier molecular flexibility index (Phi) is 7.07. The van der Waals surface area contributed by atoms with Crippen LogP contribution in [0.2, 0.25) is 0 Å². The number of nitrogens with zero attached hydrogens (tertiary/aromatic N) is 3. The molecule has 0 aliphatic carbocycles. The van der Waals surface area contributed by atoms with Crippen LogP contribution in [0.15, 0.2) is 120 Å². The lowest BCUT2D eigenvalue weighted by atomic mass is 9.81. The number of hydrogen-bond donors (Lipinski definition) is 1. The van der Waals surface area contributed by atoms with Crippen LogP contribution in [0.1, 0.15) is 33.7 Å². The highest BCUT2D eigenvalue weighted by Gasteiger charge is 2.25. The number of nitriles is 1. The van der Waals surface area contributed by atoms with E-state index in [1.54, 1.807) is 48.5 Å². The second-order valence-corrected chi connectivity index (χ2v) is 9.31. The first kappa shape index (κ1) is 25.2. The fourth-order valence-electron chi connectivity index (χ4n) is 4.84. The molecule has 5 aromatic rings. The molecule has 0 fully saturated rings. The molecule has 0 radical (unpaired) electrons. The van der Waals surface area contributed by atoms with Crippen molar-refractivity contribution in [1.29, 1.82) is 5.26 Å². The van der Waals surface area contributed by atoms with E-state index in [1.165, 1.54) is 0 Å². The van der Waals surface area contributed by atoms with Gasteiger partial charge in [-0.05, 0) is 99.2 Å². The van der Waals surface area contributed by atoms with Gasteiger partial charge in [0, 0.05) is 11.5 Å². The summed E-state index contributed by atoms with van der Waals surface area (Å²) in [6.45, 7) is 1.99. The molecule has 0 heterocycles. The number of rotatable bonds is 7. The molecule has 0 saturated carbocycles. The fourth-order valence-corrected chi connectivity index (χ4v) is 4.84. The quantitative estimate of drug-likeness (QED) is 0.175. The van der Waals surface area contributed by atoms with Crippen molar-refractivity contribution in [3.63, 3.8) is 0 Å². The van der Waals surface area contributed by atoms with Gasteiger partial charge in [0.2, 0.25) is 0 Å². The van der Waals surface area contributed by atoms with Crippen molar-refractivity contribution in [3.05, 3.63) is 147 Å². The molecular formula is C33H23N3O3. The van der Waals surface area contributed by atoms with Gasteiger partial charge in [0.05, 0.1) is 11.6 Å². The molecule has 188 valence electrons. The topological polar surface area (TPSA) is 103 Å². The fraction of sp³-hybridized carbons (Fsp3) is 0.0606. The van der Waals surface area contributed by atoms with Crippen LogP contribution >= 0.6 is 0 Å². The molecule has 5 rings (SSSR count). The molecule has 6 nitrogen and oxygen atoms in total. The Balaban J connectivity index is 1.72. The van der Waals surface area contributed by atoms with Crippen LogP contribution in [-0.2, 0) is 0 Å². The maximum absolute atomic E-state index is 12.0. The predicted molar refractivity (Wildman–Crippen MR) is 153 cm³/mol. The van der Waals surface area contributed by atoms with E-state index in [0.717, 1.165) is 33.4 Å². The van der Waals surface area contributed by atoms with E-state index in [2.05, 4.69) is 16.4 Å². The summed E-state index contributed by atoms with van der Waals surface area (Å²) in [6, 6.07) is 35.0. The standard InChI is InChI=1S/C33H23N3O3/c1-21-3-2-4-27(17-21)33(30-19-26(12-16-32(30)37)23-7-5-22(20-34)6-8-23)29-18-25(11-15-31(29)36-39)24-9-13-28(35-38)14-10-24/h2-19,33,37H,1H3. The lowest BCUT2D eigenvalue weighted by Crippen LogP contribution is -2.05. The molecule has 0 amide bonds. The molecule has 1 unspecified atom stereocenters. The zero-order chi connectivity index (χ0) is 27.4. The summed E-state index contributed by atoms with van der Waals surface area (Å²) in [4.78, 5) is 22.9. The maximum atomic E-state index is 12.0. The van der Waals surface area contributed by atoms with Crippen LogP contribution in [-0.4, -0.2) is 5.11 Å². The number of phenolic OH excluding ortho intramolecular Hbond substituents is 1. The average Bonchev–Trinajstić information content (AvgIpc) is 2.98. The Bertz CT molecular complexity index is 1720. The van der Waals surface area contributed by atoms with Gasteiger partial charge in [-0.2, -0.15) is 5.26 Å². The highest BCUT2D eigenvalue weighted by Crippen LogP contribution is 2.44. The number of aromatic hydroxyl groups is 1. The molecule has 0 aliphatic heterocycles. The predicted octanol–water partition coefficient (Wildman–Crippen LogP) is 8.88. The van der Waals surface area contributed by atoms with Gasteiger partial charge in [0.25, 0.3) is 0 Å². The molecule has 5 aromatic carbocycles. The summed E-state index contributed by atoms with van der Waals surface area (Å²) in [7, 11) is 0. The van der Waals surface area contributed by atoms with Gasteiger partial charge in [-0.1, -0.05) is 66.2 Å². The van der Waals surface area contributed by atoms with Crippen LogP contribution in [0.4, 0.5) is 11.4 Å². The Morgan fingerprint density at radius 3 is 1.92 bits per heavy atom. The first-order chi connectivity index (χ1) is 19.0. The lowest BCUT2D eigenvalue weighted by Gasteiger charge is -2.23. The normalized spacial score (nSPS) is 11.4. The van der Waals surface area contributed by atoms with E-state index in [-0.39, 0.29) is 11.4 Å². The van der Waals surface area contributed by atoms with Gasteiger partial charge < -0.3 is 5.11 Å². The van der Waals surface area contributed by atoms with E-state index in [9.17, 15) is 20.2 Å². The number of benzene rings is 5. The molecule has 1 N–H and O–H groups in total. The number of hydrogen-bond acceptors (Lipinski definition) is 6. The number of phenols is 1. The van der Waals surface area contributed by atoms with E-state index >= 15 is 0 Å². The van der Waals surface area contributed by atoms with Gasteiger partial charge in [0.15, 0.2) is 0 Å². The van der Waals surface area contributed by atoms with E-state index in [1.807, 2.05) is 67.6 Å². The van der Waals surface area contributed by atoms with Gasteiger partial charge in [-0.3, -0.25) is 0 Å². The molecular weight excluding hydrogens is 486 g/mol. The average molecular weight is 510 g/mol. The molecule has 0 saturated heterocycles. The van der Waals surface area contributed by atoms with Crippen LogP contribution in [0, 0.1) is 28.1 Å². The van der Waals surface area contributed by atoms with Crippen molar-refractivity contribution < 1.29 is 5.11 Å². The first-order valence-electron chi connectivity index (χ1n) is 12.3. The summed E-state index contributed by atoms with van der Waals surface area (Å²) in [5, 5.41) is 26.6.